The SMILES string of the molecule is C=C(C(=O)N(C)C(C)(C)C)C1=C(N(C)C(/C=C\C)=C/C)c2cc(/C=C/COC)c(OC)cc2OC1. The number of rotatable bonds is 9. The Bertz CT molecular complexity index is 1070. The van der Waals surface area contributed by atoms with E-state index in [0.717, 1.165) is 28.1 Å². The normalized spacial score (nSPS) is 14.3. The van der Waals surface area contributed by atoms with Gasteiger partial charge in [0.05, 0.1) is 19.4 Å². The van der Waals surface area contributed by atoms with E-state index in [1.54, 1.807) is 26.2 Å². The summed E-state index contributed by atoms with van der Waals surface area (Å²) in [5.74, 6) is 1.26. The minimum atomic E-state index is -0.341. The van der Waals surface area contributed by atoms with E-state index in [2.05, 4.69) is 11.5 Å². The highest BCUT2D eigenvalue weighted by molar-refractivity contribution is 6.01. The maximum Gasteiger partial charge on any atom is 0.253 e. The highest BCUT2D eigenvalue weighted by Gasteiger charge is 2.32. The molecule has 1 aromatic rings. The molecule has 0 bridgehead atoms. The summed E-state index contributed by atoms with van der Waals surface area (Å²) in [5.41, 5.74) is 4.44. The highest BCUT2D eigenvalue weighted by Crippen LogP contribution is 2.42. The van der Waals surface area contributed by atoms with Crippen molar-refractivity contribution in [1.82, 2.24) is 9.80 Å². The molecule has 0 saturated heterocycles. The number of benzene rings is 1. The fourth-order valence-corrected chi connectivity index (χ4v) is 3.79. The van der Waals surface area contributed by atoms with Crippen LogP contribution in [-0.2, 0) is 9.53 Å². The fourth-order valence-electron chi connectivity index (χ4n) is 3.79. The summed E-state index contributed by atoms with van der Waals surface area (Å²) in [7, 11) is 7.09. The molecule has 1 aromatic carbocycles. The number of hydrogen-bond acceptors (Lipinski definition) is 5. The molecule has 2 rings (SSSR count). The molecule has 0 aliphatic carbocycles. The number of likely N-dealkylation sites (N-methyl/N-ethyl adjacent to an activating group) is 2. The Labute approximate surface area is 210 Å². The van der Waals surface area contributed by atoms with E-state index in [0.29, 0.717) is 23.7 Å². The Hall–Kier alpha value is -3.25. The monoisotopic (exact) mass is 480 g/mol. The van der Waals surface area contributed by atoms with Crippen LogP contribution < -0.4 is 9.47 Å². The molecule has 0 N–H and O–H groups in total. The minimum absolute atomic E-state index is 0.132. The van der Waals surface area contributed by atoms with Crippen molar-refractivity contribution in [3.05, 3.63) is 71.0 Å². The number of methoxy groups -OCH3 is 2. The molecule has 0 unspecified atom stereocenters. The van der Waals surface area contributed by atoms with Crippen molar-refractivity contribution in [1.29, 1.82) is 0 Å². The second-order valence-corrected chi connectivity index (χ2v) is 9.35. The van der Waals surface area contributed by atoms with E-state index in [4.69, 9.17) is 14.2 Å². The molecule has 0 aromatic heterocycles. The van der Waals surface area contributed by atoms with E-state index in [1.165, 1.54) is 0 Å². The Balaban J connectivity index is 2.79. The molecule has 1 aliphatic rings. The number of allylic oxidation sites excluding steroid dienone is 3. The summed E-state index contributed by atoms with van der Waals surface area (Å²) in [4.78, 5) is 17.2. The number of fused-ring (bicyclic) bond motifs is 1. The van der Waals surface area contributed by atoms with Crippen molar-refractivity contribution in [3.8, 4) is 11.5 Å². The number of nitrogens with zero attached hydrogens (tertiary/aromatic N) is 2. The largest absolute Gasteiger partial charge is 0.496 e. The van der Waals surface area contributed by atoms with Crippen LogP contribution in [0.25, 0.3) is 11.8 Å². The van der Waals surface area contributed by atoms with Crippen LogP contribution in [0.15, 0.2) is 59.9 Å². The third-order valence-electron chi connectivity index (χ3n) is 6.09. The van der Waals surface area contributed by atoms with Gasteiger partial charge in [0.1, 0.15) is 18.1 Å². The molecule has 0 radical (unpaired) electrons. The van der Waals surface area contributed by atoms with Gasteiger partial charge in [-0.2, -0.15) is 0 Å². The molecule has 0 spiro atoms. The third-order valence-corrected chi connectivity index (χ3v) is 6.09. The first kappa shape index (κ1) is 28.0. The number of ether oxygens (including phenoxy) is 3. The lowest BCUT2D eigenvalue weighted by atomic mass is 9.93. The first-order valence-corrected chi connectivity index (χ1v) is 11.8. The van der Waals surface area contributed by atoms with Gasteiger partial charge in [-0.1, -0.05) is 30.9 Å². The van der Waals surface area contributed by atoms with Crippen LogP contribution >= 0.6 is 0 Å². The molecular formula is C29H40N2O4. The van der Waals surface area contributed by atoms with Crippen molar-refractivity contribution in [3.63, 3.8) is 0 Å². The minimum Gasteiger partial charge on any atom is -0.496 e. The molecule has 1 amide bonds. The van der Waals surface area contributed by atoms with Crippen LogP contribution in [0.3, 0.4) is 0 Å². The number of carbonyl (C=O) groups excluding carboxylic acids is 1. The Morgan fingerprint density at radius 1 is 1.20 bits per heavy atom. The summed E-state index contributed by atoms with van der Waals surface area (Å²) in [6.45, 7) is 14.9. The van der Waals surface area contributed by atoms with Crippen LogP contribution in [0.5, 0.6) is 11.5 Å². The Morgan fingerprint density at radius 3 is 2.43 bits per heavy atom. The van der Waals surface area contributed by atoms with Crippen molar-refractivity contribution in [2.24, 2.45) is 0 Å². The van der Waals surface area contributed by atoms with E-state index in [1.807, 2.05) is 84.2 Å². The van der Waals surface area contributed by atoms with Crippen LogP contribution in [0, 0.1) is 0 Å². The predicted octanol–water partition coefficient (Wildman–Crippen LogP) is 5.68. The molecule has 1 heterocycles. The molecule has 1 aliphatic heterocycles. The summed E-state index contributed by atoms with van der Waals surface area (Å²) in [6, 6.07) is 3.92. The maximum absolute atomic E-state index is 13.4. The van der Waals surface area contributed by atoms with Gasteiger partial charge in [0.25, 0.3) is 5.91 Å². The molecule has 0 atom stereocenters. The molecule has 35 heavy (non-hydrogen) atoms. The van der Waals surface area contributed by atoms with Gasteiger partial charge in [-0.15, -0.1) is 0 Å². The molecule has 0 fully saturated rings. The van der Waals surface area contributed by atoms with Crippen LogP contribution in [0.1, 0.15) is 45.7 Å². The van der Waals surface area contributed by atoms with Gasteiger partial charge in [0.15, 0.2) is 0 Å². The summed E-state index contributed by atoms with van der Waals surface area (Å²) in [6.07, 6.45) is 9.96. The third kappa shape index (κ3) is 6.25. The van der Waals surface area contributed by atoms with Gasteiger partial charge in [-0.05, 0) is 46.8 Å². The van der Waals surface area contributed by atoms with Gasteiger partial charge in [0, 0.05) is 60.8 Å². The number of carbonyl (C=O) groups is 1. The highest BCUT2D eigenvalue weighted by atomic mass is 16.5. The van der Waals surface area contributed by atoms with Gasteiger partial charge < -0.3 is 24.0 Å². The predicted molar refractivity (Wildman–Crippen MR) is 144 cm³/mol. The van der Waals surface area contributed by atoms with Crippen LogP contribution in [0.2, 0.25) is 0 Å². The molecule has 190 valence electrons. The number of amides is 1. The van der Waals surface area contributed by atoms with Crippen molar-refractivity contribution in [2.75, 3.05) is 41.5 Å². The fraction of sp³-hybridized carbons (Fsp3) is 0.414. The van der Waals surface area contributed by atoms with E-state index in [9.17, 15) is 4.79 Å². The Kier molecular flexibility index (Phi) is 9.55. The second kappa shape index (κ2) is 11.9. The summed E-state index contributed by atoms with van der Waals surface area (Å²) in [5, 5.41) is 0. The lowest BCUT2D eigenvalue weighted by molar-refractivity contribution is -0.129. The van der Waals surface area contributed by atoms with E-state index in [-0.39, 0.29) is 18.1 Å². The van der Waals surface area contributed by atoms with Gasteiger partial charge in [-0.3, -0.25) is 4.79 Å². The van der Waals surface area contributed by atoms with Gasteiger partial charge in [0.2, 0.25) is 0 Å². The van der Waals surface area contributed by atoms with Gasteiger partial charge in [-0.25, -0.2) is 0 Å². The first-order chi connectivity index (χ1) is 16.5. The van der Waals surface area contributed by atoms with Crippen molar-refractivity contribution < 1.29 is 19.0 Å². The second-order valence-electron chi connectivity index (χ2n) is 9.35. The zero-order chi connectivity index (χ0) is 26.3. The summed E-state index contributed by atoms with van der Waals surface area (Å²) >= 11 is 0. The lowest BCUT2D eigenvalue weighted by Gasteiger charge is -2.36. The maximum atomic E-state index is 13.4. The van der Waals surface area contributed by atoms with Crippen molar-refractivity contribution in [2.45, 2.75) is 40.2 Å². The molecular weight excluding hydrogens is 440 g/mol. The Morgan fingerprint density at radius 2 is 1.89 bits per heavy atom. The smallest absolute Gasteiger partial charge is 0.253 e. The molecule has 6 heteroatoms. The number of hydrogen-bond donors (Lipinski definition) is 0. The zero-order valence-corrected chi connectivity index (χ0v) is 22.7. The van der Waals surface area contributed by atoms with Crippen LogP contribution in [-0.4, -0.2) is 62.8 Å². The standard InChI is InChI=1S/C29H40N2O4/c1-11-14-22(12-2)30(7)27-23-17-21(15-13-16-33-9)25(34-10)18-26(23)35-19-24(27)20(3)28(32)31(8)29(4,5)6/h11-15,17-18H,3,16,19H2,1-2,4-10H3/b14-11-,15-13+,22-12+. The van der Waals surface area contributed by atoms with E-state index < -0.39 is 0 Å². The average Bonchev–Trinajstić information content (AvgIpc) is 2.83. The first-order valence-electron chi connectivity index (χ1n) is 11.8. The topological polar surface area (TPSA) is 51.2 Å². The molecule has 0 saturated carbocycles. The van der Waals surface area contributed by atoms with Gasteiger partial charge >= 0.3 is 0 Å². The summed E-state index contributed by atoms with van der Waals surface area (Å²) < 4.78 is 17.0. The van der Waals surface area contributed by atoms with Crippen molar-refractivity contribution >= 4 is 17.7 Å². The van der Waals surface area contributed by atoms with E-state index >= 15 is 0 Å². The van der Waals surface area contributed by atoms with Crippen LogP contribution in [0.4, 0.5) is 0 Å². The quantitative estimate of drug-likeness (QED) is 0.336. The lowest BCUT2D eigenvalue weighted by Crippen LogP contribution is -2.43. The molecule has 6 nitrogen and oxygen atoms in total. The zero-order valence-electron chi connectivity index (χ0n) is 22.7. The average molecular weight is 481 g/mol.